The molecule has 0 bridgehead atoms. The SMILES string of the molecule is CC1(C)CCCN(Cc2ccc(O)cc2)CC1. The summed E-state index contributed by atoms with van der Waals surface area (Å²) in [5.74, 6) is 0.353. The fourth-order valence-electron chi connectivity index (χ4n) is 2.50. The van der Waals surface area contributed by atoms with E-state index in [1.807, 2.05) is 12.1 Å². The van der Waals surface area contributed by atoms with Gasteiger partial charge in [-0.1, -0.05) is 26.0 Å². The molecule has 0 saturated carbocycles. The van der Waals surface area contributed by atoms with Crippen molar-refractivity contribution in [3.8, 4) is 5.75 Å². The van der Waals surface area contributed by atoms with Crippen molar-refractivity contribution in [2.24, 2.45) is 5.41 Å². The van der Waals surface area contributed by atoms with E-state index >= 15 is 0 Å². The lowest BCUT2D eigenvalue weighted by atomic mass is 9.85. The Bertz CT molecular complexity index is 356. The molecular weight excluding hydrogens is 210 g/mol. The number of hydrogen-bond donors (Lipinski definition) is 1. The molecule has 0 radical (unpaired) electrons. The molecule has 2 nitrogen and oxygen atoms in total. The monoisotopic (exact) mass is 233 g/mol. The average molecular weight is 233 g/mol. The molecule has 1 fully saturated rings. The molecule has 1 heterocycles. The minimum atomic E-state index is 0.353. The molecule has 1 aromatic carbocycles. The van der Waals surface area contributed by atoms with Crippen LogP contribution < -0.4 is 0 Å². The van der Waals surface area contributed by atoms with Gasteiger partial charge < -0.3 is 5.11 Å². The largest absolute Gasteiger partial charge is 0.508 e. The van der Waals surface area contributed by atoms with Crippen LogP contribution in [-0.4, -0.2) is 23.1 Å². The summed E-state index contributed by atoms with van der Waals surface area (Å²) in [6, 6.07) is 7.59. The highest BCUT2D eigenvalue weighted by molar-refractivity contribution is 5.25. The summed E-state index contributed by atoms with van der Waals surface area (Å²) in [5, 5.41) is 9.26. The Labute approximate surface area is 104 Å². The third-order valence-electron chi connectivity index (χ3n) is 3.78. The zero-order chi connectivity index (χ0) is 12.3. The minimum Gasteiger partial charge on any atom is -0.508 e. The zero-order valence-electron chi connectivity index (χ0n) is 10.9. The molecule has 0 amide bonds. The van der Waals surface area contributed by atoms with E-state index in [1.54, 1.807) is 12.1 Å². The first-order chi connectivity index (χ1) is 8.05. The Balaban J connectivity index is 1.93. The molecule has 1 aromatic rings. The maximum atomic E-state index is 9.26. The molecule has 0 spiro atoms. The zero-order valence-corrected chi connectivity index (χ0v) is 10.9. The van der Waals surface area contributed by atoms with E-state index in [0.29, 0.717) is 11.2 Å². The van der Waals surface area contributed by atoms with Crippen LogP contribution in [0.5, 0.6) is 5.75 Å². The normalized spacial score (nSPS) is 21.1. The Kier molecular flexibility index (Phi) is 3.72. The second-order valence-electron chi connectivity index (χ2n) is 5.96. The third-order valence-corrected chi connectivity index (χ3v) is 3.78. The van der Waals surface area contributed by atoms with Crippen LogP contribution in [0.2, 0.25) is 0 Å². The lowest BCUT2D eigenvalue weighted by Crippen LogP contribution is -2.24. The van der Waals surface area contributed by atoms with Gasteiger partial charge in [-0.3, -0.25) is 4.90 Å². The van der Waals surface area contributed by atoms with Gasteiger partial charge in [0.2, 0.25) is 0 Å². The van der Waals surface area contributed by atoms with Crippen LogP contribution in [0, 0.1) is 5.41 Å². The van der Waals surface area contributed by atoms with Crippen LogP contribution in [0.4, 0.5) is 0 Å². The van der Waals surface area contributed by atoms with Crippen LogP contribution >= 0.6 is 0 Å². The number of rotatable bonds is 2. The Morgan fingerprint density at radius 3 is 2.53 bits per heavy atom. The van der Waals surface area contributed by atoms with Crippen molar-refractivity contribution in [2.75, 3.05) is 13.1 Å². The second-order valence-corrected chi connectivity index (χ2v) is 5.96. The molecule has 2 rings (SSSR count). The number of benzene rings is 1. The van der Waals surface area contributed by atoms with E-state index in [4.69, 9.17) is 0 Å². The molecule has 0 aliphatic carbocycles. The summed E-state index contributed by atoms with van der Waals surface area (Å²) in [6.45, 7) is 8.14. The predicted molar refractivity (Wildman–Crippen MR) is 71.0 cm³/mol. The molecule has 1 aliphatic heterocycles. The fraction of sp³-hybridized carbons (Fsp3) is 0.600. The smallest absolute Gasteiger partial charge is 0.115 e. The van der Waals surface area contributed by atoms with Crippen molar-refractivity contribution in [1.82, 2.24) is 4.90 Å². The third kappa shape index (κ3) is 3.74. The number of hydrogen-bond acceptors (Lipinski definition) is 2. The quantitative estimate of drug-likeness (QED) is 0.846. The number of nitrogens with zero attached hydrogens (tertiary/aromatic N) is 1. The maximum absolute atomic E-state index is 9.26. The summed E-state index contributed by atoms with van der Waals surface area (Å²) in [6.07, 6.45) is 3.91. The first-order valence-corrected chi connectivity index (χ1v) is 6.55. The standard InChI is InChI=1S/C15H23NO/c1-15(2)8-3-10-16(11-9-15)12-13-4-6-14(17)7-5-13/h4-7,17H,3,8-12H2,1-2H3. The van der Waals surface area contributed by atoms with Crippen molar-refractivity contribution in [2.45, 2.75) is 39.7 Å². The summed E-state index contributed by atoms with van der Waals surface area (Å²) < 4.78 is 0. The molecule has 1 saturated heterocycles. The minimum absolute atomic E-state index is 0.353. The van der Waals surface area contributed by atoms with Gasteiger partial charge in [-0.25, -0.2) is 0 Å². The van der Waals surface area contributed by atoms with Gasteiger partial charge in [-0.05, 0) is 55.5 Å². The van der Waals surface area contributed by atoms with E-state index in [-0.39, 0.29) is 0 Å². The highest BCUT2D eigenvalue weighted by atomic mass is 16.3. The summed E-state index contributed by atoms with van der Waals surface area (Å²) in [7, 11) is 0. The van der Waals surface area contributed by atoms with Gasteiger partial charge >= 0.3 is 0 Å². The van der Waals surface area contributed by atoms with Gasteiger partial charge in [-0.15, -0.1) is 0 Å². The van der Waals surface area contributed by atoms with Gasteiger partial charge in [0.05, 0.1) is 0 Å². The van der Waals surface area contributed by atoms with Crippen LogP contribution in [0.15, 0.2) is 24.3 Å². The molecule has 1 N–H and O–H groups in total. The van der Waals surface area contributed by atoms with Crippen molar-refractivity contribution in [3.63, 3.8) is 0 Å². The molecule has 0 atom stereocenters. The van der Waals surface area contributed by atoms with Gasteiger partial charge in [0, 0.05) is 6.54 Å². The molecule has 94 valence electrons. The van der Waals surface area contributed by atoms with Crippen LogP contribution in [-0.2, 0) is 6.54 Å². The Morgan fingerprint density at radius 1 is 1.12 bits per heavy atom. The van der Waals surface area contributed by atoms with E-state index < -0.39 is 0 Å². The predicted octanol–water partition coefficient (Wildman–Crippen LogP) is 3.40. The van der Waals surface area contributed by atoms with E-state index in [1.165, 1.54) is 37.9 Å². The number of phenols is 1. The molecule has 0 aromatic heterocycles. The first-order valence-electron chi connectivity index (χ1n) is 6.55. The molecule has 17 heavy (non-hydrogen) atoms. The van der Waals surface area contributed by atoms with E-state index in [9.17, 15) is 5.11 Å². The summed E-state index contributed by atoms with van der Waals surface area (Å²) in [4.78, 5) is 2.53. The Morgan fingerprint density at radius 2 is 1.82 bits per heavy atom. The molecule has 2 heteroatoms. The van der Waals surface area contributed by atoms with Crippen molar-refractivity contribution < 1.29 is 5.11 Å². The highest BCUT2D eigenvalue weighted by Gasteiger charge is 2.22. The first kappa shape index (κ1) is 12.4. The topological polar surface area (TPSA) is 23.5 Å². The summed E-state index contributed by atoms with van der Waals surface area (Å²) >= 11 is 0. The average Bonchev–Trinajstić information content (AvgIpc) is 2.44. The van der Waals surface area contributed by atoms with Gasteiger partial charge in [0.1, 0.15) is 5.75 Å². The maximum Gasteiger partial charge on any atom is 0.115 e. The Hall–Kier alpha value is -1.02. The molecule has 1 aliphatic rings. The number of phenolic OH excluding ortho intramolecular Hbond substituents is 1. The van der Waals surface area contributed by atoms with Crippen LogP contribution in [0.3, 0.4) is 0 Å². The lowest BCUT2D eigenvalue weighted by Gasteiger charge is -2.23. The van der Waals surface area contributed by atoms with Crippen molar-refractivity contribution in [3.05, 3.63) is 29.8 Å². The van der Waals surface area contributed by atoms with Crippen molar-refractivity contribution in [1.29, 1.82) is 0 Å². The van der Waals surface area contributed by atoms with E-state index in [0.717, 1.165) is 6.54 Å². The van der Waals surface area contributed by atoms with Crippen LogP contribution in [0.25, 0.3) is 0 Å². The van der Waals surface area contributed by atoms with Crippen LogP contribution in [0.1, 0.15) is 38.7 Å². The van der Waals surface area contributed by atoms with Gasteiger partial charge in [0.25, 0.3) is 0 Å². The van der Waals surface area contributed by atoms with E-state index in [2.05, 4.69) is 18.7 Å². The number of aromatic hydroxyl groups is 1. The van der Waals surface area contributed by atoms with Gasteiger partial charge in [0.15, 0.2) is 0 Å². The highest BCUT2D eigenvalue weighted by Crippen LogP contribution is 2.30. The fourth-order valence-corrected chi connectivity index (χ4v) is 2.50. The molecular formula is C15H23NO. The second kappa shape index (κ2) is 5.09. The number of likely N-dealkylation sites (tertiary alicyclic amines) is 1. The van der Waals surface area contributed by atoms with Gasteiger partial charge in [-0.2, -0.15) is 0 Å². The molecule has 0 unspecified atom stereocenters. The summed E-state index contributed by atoms with van der Waals surface area (Å²) in [5.41, 5.74) is 1.80. The van der Waals surface area contributed by atoms with Crippen molar-refractivity contribution >= 4 is 0 Å². The lowest BCUT2D eigenvalue weighted by molar-refractivity contribution is 0.256.